The Hall–Kier alpha value is -3.38. The number of hydrogen-bond acceptors (Lipinski definition) is 6. The van der Waals surface area contributed by atoms with Crippen LogP contribution in [-0.2, 0) is 4.79 Å². The first-order valence-electron chi connectivity index (χ1n) is 10.5. The molecule has 1 aromatic carbocycles. The summed E-state index contributed by atoms with van der Waals surface area (Å²) < 4.78 is 33.5. The second kappa shape index (κ2) is 10.5. The van der Waals surface area contributed by atoms with Crippen molar-refractivity contribution in [2.45, 2.75) is 32.0 Å². The number of alkyl halides is 3. The molecule has 35 heavy (non-hydrogen) atoms. The summed E-state index contributed by atoms with van der Waals surface area (Å²) in [5.41, 5.74) is 8.45. The van der Waals surface area contributed by atoms with Crippen molar-refractivity contribution in [3.8, 4) is 5.75 Å². The quantitative estimate of drug-likeness (QED) is 0.487. The van der Waals surface area contributed by atoms with Crippen LogP contribution in [0.15, 0.2) is 36.9 Å². The number of carbonyl (C=O) groups excluding carboxylic acids is 1. The van der Waals surface area contributed by atoms with E-state index in [9.17, 15) is 23.1 Å². The molecular formula is C22H23ClF3N5O4. The fourth-order valence-electron chi connectivity index (χ4n) is 3.77. The number of nitrogens with two attached hydrogens (primary N) is 1. The zero-order valence-corrected chi connectivity index (χ0v) is 19.3. The third-order valence-corrected chi connectivity index (χ3v) is 6.14. The van der Waals surface area contributed by atoms with E-state index in [4.69, 9.17) is 27.2 Å². The minimum Gasteiger partial charge on any atom is -0.508 e. The van der Waals surface area contributed by atoms with Crippen molar-refractivity contribution in [2.75, 3.05) is 13.1 Å². The number of nitrogens with zero attached hydrogens (tertiary/aromatic N) is 4. The van der Waals surface area contributed by atoms with Gasteiger partial charge in [0.1, 0.15) is 5.75 Å². The average Bonchev–Trinajstić information content (AvgIpc) is 3.28. The maximum absolute atomic E-state index is 12.8. The van der Waals surface area contributed by atoms with Crippen molar-refractivity contribution in [1.29, 1.82) is 0 Å². The van der Waals surface area contributed by atoms with Crippen LogP contribution < -0.4 is 5.73 Å². The predicted octanol–water partition coefficient (Wildman–Crippen LogP) is 3.58. The fraction of sp³-hybridized carbons (Fsp3) is 0.364. The highest BCUT2D eigenvalue weighted by molar-refractivity contribution is 6.31. The number of piperidine rings is 1. The zero-order valence-electron chi connectivity index (χ0n) is 18.5. The molecule has 0 unspecified atom stereocenters. The van der Waals surface area contributed by atoms with Gasteiger partial charge in [0.05, 0.1) is 5.56 Å². The Bertz CT molecular complexity index is 1230. The van der Waals surface area contributed by atoms with Crippen molar-refractivity contribution in [1.82, 2.24) is 19.3 Å². The van der Waals surface area contributed by atoms with Crippen LogP contribution in [0.4, 0.5) is 13.2 Å². The van der Waals surface area contributed by atoms with Gasteiger partial charge in [-0.3, -0.25) is 9.20 Å². The number of amides is 1. The smallest absolute Gasteiger partial charge is 0.490 e. The van der Waals surface area contributed by atoms with E-state index in [2.05, 4.69) is 9.97 Å². The number of carboxylic acid groups (broad SMARTS) is 1. The summed E-state index contributed by atoms with van der Waals surface area (Å²) in [7, 11) is 0. The van der Waals surface area contributed by atoms with Crippen LogP contribution in [0.25, 0.3) is 5.78 Å². The van der Waals surface area contributed by atoms with Gasteiger partial charge in [0, 0.05) is 54.5 Å². The lowest BCUT2D eigenvalue weighted by Crippen LogP contribution is -2.41. The highest BCUT2D eigenvalue weighted by Crippen LogP contribution is 2.36. The number of aliphatic carboxylic acids is 1. The van der Waals surface area contributed by atoms with E-state index in [-0.39, 0.29) is 23.6 Å². The van der Waals surface area contributed by atoms with Gasteiger partial charge < -0.3 is 20.8 Å². The van der Waals surface area contributed by atoms with Gasteiger partial charge in [-0.15, -0.1) is 0 Å². The molecule has 1 aliphatic rings. The highest BCUT2D eigenvalue weighted by Gasteiger charge is 2.38. The van der Waals surface area contributed by atoms with Gasteiger partial charge in [0.15, 0.2) is 0 Å². The minimum atomic E-state index is -5.08. The Morgan fingerprint density at radius 2 is 1.86 bits per heavy atom. The number of carboxylic acids is 1. The lowest BCUT2D eigenvalue weighted by molar-refractivity contribution is -0.192. The Morgan fingerprint density at radius 1 is 1.23 bits per heavy atom. The molecule has 1 aliphatic heterocycles. The van der Waals surface area contributed by atoms with Crippen LogP contribution >= 0.6 is 11.6 Å². The molecule has 2 aromatic heterocycles. The first-order chi connectivity index (χ1) is 16.4. The van der Waals surface area contributed by atoms with Crippen molar-refractivity contribution in [3.63, 3.8) is 0 Å². The molecule has 188 valence electrons. The number of aromatic nitrogens is 3. The van der Waals surface area contributed by atoms with Crippen molar-refractivity contribution in [2.24, 2.45) is 11.7 Å². The van der Waals surface area contributed by atoms with Crippen LogP contribution in [0.2, 0.25) is 5.02 Å². The molecule has 1 saturated heterocycles. The molecule has 1 fully saturated rings. The number of rotatable bonds is 3. The number of aryl methyl sites for hydroxylation is 1. The normalized spacial score (nSPS) is 15.4. The summed E-state index contributed by atoms with van der Waals surface area (Å²) in [5, 5.41) is 18.0. The lowest BCUT2D eigenvalue weighted by atomic mass is 9.85. The molecule has 4 rings (SSSR count). The number of fused-ring (bicyclic) bond motifs is 1. The Balaban J connectivity index is 0.000000429. The van der Waals surface area contributed by atoms with Gasteiger partial charge in [-0.25, -0.2) is 14.8 Å². The average molecular weight is 514 g/mol. The number of hydrogen-bond donors (Lipinski definition) is 3. The molecule has 3 aromatic rings. The van der Waals surface area contributed by atoms with Crippen LogP contribution in [0, 0.1) is 12.8 Å². The van der Waals surface area contributed by atoms with E-state index >= 15 is 0 Å². The Labute approximate surface area is 203 Å². The summed E-state index contributed by atoms with van der Waals surface area (Å²) in [4.78, 5) is 31.8. The summed E-state index contributed by atoms with van der Waals surface area (Å²) >= 11 is 6.20. The molecular weight excluding hydrogens is 491 g/mol. The standard InChI is InChI=1S/C20H22ClN5O2.C2HF3O2/c1-12-8-17(27)15(9-16(12)21)18(22)13-2-5-25(6-3-13)19(28)14-10-24-20-23-4-7-26(20)11-14;3-2(4,5)1(6)7/h4,7-11,13,18,27H,2-3,5-6,22H2,1H3;(H,6,7)/t18-;/m1./s1. The number of aromatic hydroxyl groups is 1. The number of likely N-dealkylation sites (tertiary alicyclic amines) is 1. The molecule has 0 aliphatic carbocycles. The van der Waals surface area contributed by atoms with E-state index in [1.54, 1.807) is 41.3 Å². The lowest BCUT2D eigenvalue weighted by Gasteiger charge is -2.35. The first kappa shape index (κ1) is 26.2. The molecule has 4 N–H and O–H groups in total. The number of imidazole rings is 1. The second-order valence-electron chi connectivity index (χ2n) is 8.10. The molecule has 0 bridgehead atoms. The van der Waals surface area contributed by atoms with E-state index in [0.717, 1.165) is 18.4 Å². The van der Waals surface area contributed by atoms with E-state index < -0.39 is 12.1 Å². The highest BCUT2D eigenvalue weighted by atomic mass is 35.5. The summed E-state index contributed by atoms with van der Waals surface area (Å²) in [5.74, 6) is -1.89. The van der Waals surface area contributed by atoms with Crippen molar-refractivity contribution in [3.05, 3.63) is 58.6 Å². The van der Waals surface area contributed by atoms with Gasteiger partial charge >= 0.3 is 12.1 Å². The number of phenols is 1. The topological polar surface area (TPSA) is 134 Å². The predicted molar refractivity (Wildman–Crippen MR) is 120 cm³/mol. The van der Waals surface area contributed by atoms with E-state index in [0.29, 0.717) is 35.0 Å². The van der Waals surface area contributed by atoms with E-state index in [1.165, 1.54) is 0 Å². The van der Waals surface area contributed by atoms with Crippen LogP contribution in [0.5, 0.6) is 5.75 Å². The maximum Gasteiger partial charge on any atom is 0.490 e. The van der Waals surface area contributed by atoms with Crippen molar-refractivity contribution >= 4 is 29.3 Å². The third kappa shape index (κ3) is 6.20. The zero-order chi connectivity index (χ0) is 25.9. The van der Waals surface area contributed by atoms with E-state index in [1.807, 2.05) is 11.8 Å². The molecule has 13 heteroatoms. The fourth-order valence-corrected chi connectivity index (χ4v) is 3.95. The number of carbonyl (C=O) groups is 2. The summed E-state index contributed by atoms with van der Waals surface area (Å²) in [6.07, 6.45) is 3.17. The van der Waals surface area contributed by atoms with Gasteiger partial charge in [0.2, 0.25) is 5.78 Å². The number of phenolic OH excluding ortho intramolecular Hbond substituents is 1. The van der Waals surface area contributed by atoms with Crippen LogP contribution in [0.3, 0.4) is 0 Å². The van der Waals surface area contributed by atoms with Crippen LogP contribution in [0.1, 0.15) is 40.4 Å². The molecule has 1 amide bonds. The molecule has 1 atom stereocenters. The van der Waals surface area contributed by atoms with Gasteiger partial charge in [0.25, 0.3) is 5.91 Å². The van der Waals surface area contributed by atoms with Crippen LogP contribution in [-0.4, -0.2) is 60.6 Å². The monoisotopic (exact) mass is 513 g/mol. The molecule has 0 saturated carbocycles. The largest absolute Gasteiger partial charge is 0.508 e. The third-order valence-electron chi connectivity index (χ3n) is 5.74. The van der Waals surface area contributed by atoms with Gasteiger partial charge in [-0.05, 0) is 43.4 Å². The molecule has 9 nitrogen and oxygen atoms in total. The molecule has 3 heterocycles. The minimum absolute atomic E-state index is 0.0450. The maximum atomic E-state index is 12.8. The van der Waals surface area contributed by atoms with Gasteiger partial charge in [-0.2, -0.15) is 13.2 Å². The number of halogens is 4. The second-order valence-corrected chi connectivity index (χ2v) is 8.50. The van der Waals surface area contributed by atoms with Crippen molar-refractivity contribution < 1.29 is 33.0 Å². The summed E-state index contributed by atoms with van der Waals surface area (Å²) in [6, 6.07) is 3.08. The summed E-state index contributed by atoms with van der Waals surface area (Å²) in [6.45, 7) is 3.07. The Kier molecular flexibility index (Phi) is 7.86. The molecule has 0 spiro atoms. The first-order valence-corrected chi connectivity index (χ1v) is 10.9. The molecule has 0 radical (unpaired) electrons. The Morgan fingerprint density at radius 3 is 2.46 bits per heavy atom. The number of benzene rings is 1. The SMILES string of the molecule is Cc1cc(O)c([C@H](N)C2CCN(C(=O)c3cnc4nccn4c3)CC2)cc1Cl.O=C(O)C(F)(F)F. The van der Waals surface area contributed by atoms with Gasteiger partial charge in [-0.1, -0.05) is 11.6 Å².